The van der Waals surface area contributed by atoms with Crippen LogP contribution in [0.2, 0.25) is 0 Å². The van der Waals surface area contributed by atoms with E-state index in [2.05, 4.69) is 76.0 Å². The third-order valence-electron chi connectivity index (χ3n) is 7.29. The van der Waals surface area contributed by atoms with Crippen LogP contribution in [0, 0.1) is 3.70 Å². The molecule has 2 heterocycles. The zero-order chi connectivity index (χ0) is 38.2. The molecule has 1 aliphatic heterocycles. The average molecular weight is 866 g/mol. The van der Waals surface area contributed by atoms with E-state index in [1.165, 1.54) is 6.07 Å². The molecule has 1 fully saturated rings. The van der Waals surface area contributed by atoms with Gasteiger partial charge in [0.2, 0.25) is 12.1 Å². The van der Waals surface area contributed by atoms with Gasteiger partial charge >= 0.3 is 25.3 Å². The molecule has 1 saturated heterocycles. The largest absolute Gasteiger partial charge is 0.465 e. The minimum Gasteiger partial charge on any atom is -0.465 e. The van der Waals surface area contributed by atoms with Gasteiger partial charge < -0.3 is 24.4 Å². The standard InChI is InChI=1S/C35H51F2IN5O8P/c1-3-5-6-7-8-9-10-11-12-13-14-15-16-17-18-19-20-21-30(44)39-23-24-40-52(48,41-26-31(45)49-4-2)50-27-28-32(46)35(36,37)33(51-28)43-25-22-29(38)42-34(43)47/h5-6,8-9,11-12,14-15,17-18,22,25,28,32-33,46H,3-4,7,10,13,16,19-21,23-24,26-27H2,1-2H3,(H,39,44)(H2,40,41,48)/b6-5-,9-8-,12-11-,15-14-,18-17-/t28-,32-,33-,52?/m1/s1. The Morgan fingerprint density at radius 2 is 1.63 bits per heavy atom. The lowest BCUT2D eigenvalue weighted by Gasteiger charge is -2.23. The molecule has 52 heavy (non-hydrogen) atoms. The summed E-state index contributed by atoms with van der Waals surface area (Å²) in [6.07, 6.45) is 22.2. The molecule has 1 aromatic rings. The fourth-order valence-electron chi connectivity index (χ4n) is 4.63. The molecule has 0 spiro atoms. The van der Waals surface area contributed by atoms with Crippen LogP contribution >= 0.6 is 30.3 Å². The van der Waals surface area contributed by atoms with Crippen molar-refractivity contribution in [2.45, 2.75) is 89.6 Å². The van der Waals surface area contributed by atoms with Crippen LogP contribution in [0.25, 0.3) is 0 Å². The molecule has 0 bridgehead atoms. The van der Waals surface area contributed by atoms with Crippen LogP contribution in [0.5, 0.6) is 0 Å². The highest BCUT2D eigenvalue weighted by Crippen LogP contribution is 2.44. The molecule has 0 aliphatic carbocycles. The average Bonchev–Trinajstić information content (AvgIpc) is 3.33. The molecular weight excluding hydrogens is 814 g/mol. The van der Waals surface area contributed by atoms with Gasteiger partial charge in [-0.3, -0.25) is 18.7 Å². The van der Waals surface area contributed by atoms with Crippen molar-refractivity contribution in [2.75, 3.05) is 32.8 Å². The molecule has 0 aromatic carbocycles. The summed E-state index contributed by atoms with van der Waals surface area (Å²) < 4.78 is 59.7. The molecule has 13 nitrogen and oxygen atoms in total. The first-order valence-corrected chi connectivity index (χ1v) is 20.0. The van der Waals surface area contributed by atoms with Gasteiger partial charge in [-0.2, -0.15) is 13.8 Å². The van der Waals surface area contributed by atoms with E-state index in [1.807, 2.05) is 12.2 Å². The molecule has 4 atom stereocenters. The number of halogens is 3. The molecule has 1 aliphatic rings. The first-order chi connectivity index (χ1) is 24.9. The maximum Gasteiger partial charge on any atom is 0.350 e. The Balaban J connectivity index is 1.74. The molecule has 4 N–H and O–H groups in total. The number of nitrogens with one attached hydrogen (secondary N) is 3. The highest BCUT2D eigenvalue weighted by Gasteiger charge is 2.60. The van der Waals surface area contributed by atoms with Crippen molar-refractivity contribution in [3.8, 4) is 0 Å². The van der Waals surface area contributed by atoms with Crippen molar-refractivity contribution in [1.82, 2.24) is 25.0 Å². The van der Waals surface area contributed by atoms with Crippen molar-refractivity contribution in [2.24, 2.45) is 0 Å². The molecule has 1 unspecified atom stereocenters. The number of carbonyl (C=O) groups excluding carboxylic acids is 2. The number of hydrogen-bond acceptors (Lipinski definition) is 9. The van der Waals surface area contributed by atoms with Crippen LogP contribution in [0.4, 0.5) is 8.78 Å². The number of alkyl halides is 2. The lowest BCUT2D eigenvalue weighted by atomic mass is 10.1. The topological polar surface area (TPSA) is 170 Å². The minimum atomic E-state index is -4.13. The number of allylic oxidation sites excluding steroid dienone is 10. The van der Waals surface area contributed by atoms with Gasteiger partial charge in [0.15, 0.2) is 6.10 Å². The van der Waals surface area contributed by atoms with Gasteiger partial charge in [0.05, 0.1) is 13.2 Å². The summed E-state index contributed by atoms with van der Waals surface area (Å²) in [6.45, 7) is 2.39. The second-order valence-corrected chi connectivity index (χ2v) is 14.5. The second-order valence-electron chi connectivity index (χ2n) is 11.4. The first kappa shape index (κ1) is 45.3. The van der Waals surface area contributed by atoms with Crippen LogP contribution in [-0.2, 0) is 28.2 Å². The van der Waals surface area contributed by atoms with Crippen molar-refractivity contribution >= 4 is 42.1 Å². The summed E-state index contributed by atoms with van der Waals surface area (Å²) in [5, 5.41) is 18.0. The number of esters is 1. The summed E-state index contributed by atoms with van der Waals surface area (Å²) in [4.78, 5) is 40.0. The number of rotatable bonds is 25. The van der Waals surface area contributed by atoms with E-state index in [9.17, 15) is 32.8 Å². The van der Waals surface area contributed by atoms with Crippen LogP contribution in [0.1, 0.15) is 71.4 Å². The maximum absolute atomic E-state index is 14.9. The number of carbonyl (C=O) groups is 2. The van der Waals surface area contributed by atoms with E-state index >= 15 is 0 Å². The van der Waals surface area contributed by atoms with E-state index in [0.717, 1.165) is 44.7 Å². The number of aliphatic hydroxyl groups excluding tert-OH is 1. The Morgan fingerprint density at radius 1 is 1.02 bits per heavy atom. The predicted octanol–water partition coefficient (Wildman–Crippen LogP) is 5.65. The van der Waals surface area contributed by atoms with Gasteiger partial charge in [-0.15, -0.1) is 0 Å². The number of hydrogen-bond donors (Lipinski definition) is 4. The Hall–Kier alpha value is -2.86. The lowest BCUT2D eigenvalue weighted by Crippen LogP contribution is -2.42. The van der Waals surface area contributed by atoms with E-state index in [-0.39, 0.29) is 35.7 Å². The highest BCUT2D eigenvalue weighted by atomic mass is 127. The number of amides is 1. The van der Waals surface area contributed by atoms with Gasteiger partial charge in [-0.1, -0.05) is 67.7 Å². The zero-order valence-electron chi connectivity index (χ0n) is 29.6. The summed E-state index contributed by atoms with van der Waals surface area (Å²) in [5.74, 6) is -4.89. The Bertz CT molecular complexity index is 1500. The van der Waals surface area contributed by atoms with E-state index in [4.69, 9.17) is 14.0 Å². The number of ether oxygens (including phenoxy) is 2. The summed E-state index contributed by atoms with van der Waals surface area (Å²) in [7, 11) is -4.13. The SMILES string of the molecule is CC/C=C\C/C=C\C/C=C\C/C=C\C/C=C\CCCC(=O)NCCNP(=O)(NCC(=O)OCC)OC[C@H]1O[C@@H](n2ccc(I)nc2=O)C(F)(F)[C@@H]1O. The molecule has 1 aromatic heterocycles. The minimum absolute atomic E-state index is 0.0420. The highest BCUT2D eigenvalue weighted by molar-refractivity contribution is 14.1. The zero-order valence-corrected chi connectivity index (χ0v) is 32.7. The number of aliphatic hydroxyl groups is 1. The molecule has 17 heteroatoms. The summed E-state index contributed by atoms with van der Waals surface area (Å²) in [5.41, 5.74) is -1.01. The fraction of sp³-hybridized carbons (Fsp3) is 0.543. The maximum atomic E-state index is 14.9. The lowest BCUT2D eigenvalue weighted by molar-refractivity contribution is -0.141. The van der Waals surface area contributed by atoms with Gasteiger partial charge in [0.25, 0.3) is 0 Å². The Morgan fingerprint density at radius 3 is 2.23 bits per heavy atom. The monoisotopic (exact) mass is 865 g/mol. The first-order valence-electron chi connectivity index (χ1n) is 17.3. The smallest absolute Gasteiger partial charge is 0.350 e. The molecule has 0 saturated carbocycles. The van der Waals surface area contributed by atoms with Gasteiger partial charge in [0.1, 0.15) is 16.3 Å². The van der Waals surface area contributed by atoms with E-state index in [0.29, 0.717) is 11.0 Å². The van der Waals surface area contributed by atoms with Crippen molar-refractivity contribution < 1.29 is 42.0 Å². The van der Waals surface area contributed by atoms with E-state index in [1.54, 1.807) is 29.5 Å². The van der Waals surface area contributed by atoms with Crippen LogP contribution in [0.15, 0.2) is 77.8 Å². The quantitative estimate of drug-likeness (QED) is 0.0240. The number of aromatic nitrogens is 2. The molecule has 290 valence electrons. The van der Waals surface area contributed by atoms with Crippen LogP contribution in [0.3, 0.4) is 0 Å². The number of unbranched alkanes of at least 4 members (excludes halogenated alkanes) is 1. The predicted molar refractivity (Wildman–Crippen MR) is 204 cm³/mol. The third-order valence-corrected chi connectivity index (χ3v) is 9.61. The Labute approximate surface area is 317 Å². The molecule has 2 rings (SSSR count). The molecule has 0 radical (unpaired) electrons. The summed E-state index contributed by atoms with van der Waals surface area (Å²) >= 11 is 1.75. The Kier molecular flexibility index (Phi) is 22.0. The van der Waals surface area contributed by atoms with Gasteiger partial charge in [-0.05, 0) is 80.5 Å². The molecule has 1 amide bonds. The second kappa shape index (κ2) is 25.2. The fourth-order valence-corrected chi connectivity index (χ4v) is 6.39. The van der Waals surface area contributed by atoms with Gasteiger partial charge in [-0.25, -0.2) is 15.0 Å². The van der Waals surface area contributed by atoms with Crippen molar-refractivity contribution in [1.29, 1.82) is 0 Å². The number of nitrogens with zero attached hydrogens (tertiary/aromatic N) is 2. The van der Waals surface area contributed by atoms with E-state index < -0.39 is 56.8 Å². The molecular formula is C35H51F2IN5O8P. The summed E-state index contributed by atoms with van der Waals surface area (Å²) in [6, 6.07) is 1.32. The third kappa shape index (κ3) is 17.3. The van der Waals surface area contributed by atoms with Gasteiger partial charge in [0, 0.05) is 25.7 Å². The van der Waals surface area contributed by atoms with Crippen molar-refractivity contribution in [3.05, 3.63) is 87.2 Å². The van der Waals surface area contributed by atoms with Crippen molar-refractivity contribution in [3.63, 3.8) is 0 Å². The normalized spacial score (nSPS) is 20.2. The van der Waals surface area contributed by atoms with Crippen LogP contribution < -0.4 is 21.2 Å². The van der Waals surface area contributed by atoms with Crippen LogP contribution in [-0.4, -0.2) is 77.5 Å².